The average Bonchev–Trinajstić information content (AvgIpc) is 2.55. The molecule has 0 bridgehead atoms. The monoisotopic (exact) mass is 339 g/mol. The van der Waals surface area contributed by atoms with Crippen molar-refractivity contribution < 1.29 is 13.2 Å². The topological polar surface area (TPSA) is 73.1 Å². The van der Waals surface area contributed by atoms with Gasteiger partial charge in [0.05, 0.1) is 11.8 Å². The van der Waals surface area contributed by atoms with Crippen LogP contribution in [0.4, 0.5) is 30.5 Å². The van der Waals surface area contributed by atoms with Crippen molar-refractivity contribution in [1.29, 1.82) is 0 Å². The molecule has 0 spiro atoms. The number of rotatable bonds is 3. The van der Waals surface area contributed by atoms with Crippen LogP contribution < -0.4 is 21.1 Å². The standard InChI is InChI=1S/C15H16F3N5O/c16-15(17,18)10-1-3-11(4-2-10)21-13-14(20-9-12(24)22-13)23-7-5-19-6-8-23/h1-4,9,19H,5-8H2,(H2,21,22,24). The molecule has 0 amide bonds. The lowest BCUT2D eigenvalue weighted by molar-refractivity contribution is -0.137. The fourth-order valence-electron chi connectivity index (χ4n) is 2.49. The first-order valence-electron chi connectivity index (χ1n) is 7.43. The molecule has 6 nitrogen and oxygen atoms in total. The maximum Gasteiger partial charge on any atom is 0.416 e. The van der Waals surface area contributed by atoms with Crippen LogP contribution in [0.1, 0.15) is 5.56 Å². The lowest BCUT2D eigenvalue weighted by Crippen LogP contribution is -2.44. The Kier molecular flexibility index (Phi) is 4.43. The van der Waals surface area contributed by atoms with E-state index in [0.717, 1.165) is 38.3 Å². The zero-order valence-electron chi connectivity index (χ0n) is 12.7. The molecule has 0 saturated carbocycles. The molecule has 0 aliphatic carbocycles. The van der Waals surface area contributed by atoms with E-state index in [1.54, 1.807) is 0 Å². The highest BCUT2D eigenvalue weighted by Crippen LogP contribution is 2.31. The molecule has 2 aromatic rings. The number of aromatic nitrogens is 2. The largest absolute Gasteiger partial charge is 0.416 e. The first-order chi connectivity index (χ1) is 11.4. The Morgan fingerprint density at radius 2 is 1.79 bits per heavy atom. The first kappa shape index (κ1) is 16.3. The normalized spacial score (nSPS) is 15.4. The fourth-order valence-corrected chi connectivity index (χ4v) is 2.49. The van der Waals surface area contributed by atoms with Crippen molar-refractivity contribution in [3.8, 4) is 0 Å². The number of piperazine rings is 1. The summed E-state index contributed by atoms with van der Waals surface area (Å²) < 4.78 is 37.8. The highest BCUT2D eigenvalue weighted by atomic mass is 19.4. The van der Waals surface area contributed by atoms with Gasteiger partial charge in [0.1, 0.15) is 0 Å². The summed E-state index contributed by atoms with van der Waals surface area (Å²) >= 11 is 0. The highest BCUT2D eigenvalue weighted by molar-refractivity contribution is 5.68. The van der Waals surface area contributed by atoms with Crippen LogP contribution in [0.5, 0.6) is 0 Å². The number of anilines is 3. The van der Waals surface area contributed by atoms with Gasteiger partial charge in [-0.25, -0.2) is 4.98 Å². The van der Waals surface area contributed by atoms with E-state index in [4.69, 9.17) is 0 Å². The molecule has 128 valence electrons. The molecule has 2 heterocycles. The number of hydrogen-bond donors (Lipinski definition) is 3. The van der Waals surface area contributed by atoms with Crippen LogP contribution in [0.25, 0.3) is 0 Å². The smallest absolute Gasteiger partial charge is 0.351 e. The molecular formula is C15H16F3N5O. The molecular weight excluding hydrogens is 323 g/mol. The zero-order valence-corrected chi connectivity index (χ0v) is 12.7. The maximum absolute atomic E-state index is 12.6. The Morgan fingerprint density at radius 1 is 1.12 bits per heavy atom. The molecule has 0 atom stereocenters. The van der Waals surface area contributed by atoms with E-state index in [1.165, 1.54) is 18.3 Å². The van der Waals surface area contributed by atoms with E-state index in [9.17, 15) is 18.0 Å². The van der Waals surface area contributed by atoms with Crippen molar-refractivity contribution in [3.63, 3.8) is 0 Å². The van der Waals surface area contributed by atoms with Crippen LogP contribution in [0.15, 0.2) is 35.3 Å². The molecule has 0 radical (unpaired) electrons. The van der Waals surface area contributed by atoms with E-state index in [0.29, 0.717) is 17.3 Å². The van der Waals surface area contributed by atoms with Crippen LogP contribution in [0.2, 0.25) is 0 Å². The molecule has 1 aromatic carbocycles. The van der Waals surface area contributed by atoms with E-state index in [2.05, 4.69) is 20.6 Å². The van der Waals surface area contributed by atoms with Gasteiger partial charge in [0.15, 0.2) is 11.6 Å². The van der Waals surface area contributed by atoms with Gasteiger partial charge in [-0.1, -0.05) is 0 Å². The summed E-state index contributed by atoms with van der Waals surface area (Å²) in [6, 6.07) is 4.61. The minimum atomic E-state index is -4.38. The van der Waals surface area contributed by atoms with Crippen molar-refractivity contribution in [3.05, 3.63) is 46.4 Å². The number of halogens is 3. The molecule has 1 saturated heterocycles. The van der Waals surface area contributed by atoms with Crippen molar-refractivity contribution >= 4 is 17.3 Å². The van der Waals surface area contributed by atoms with Crippen LogP contribution >= 0.6 is 0 Å². The molecule has 1 aliphatic heterocycles. The number of H-pyrrole nitrogens is 1. The van der Waals surface area contributed by atoms with Gasteiger partial charge in [0.2, 0.25) is 0 Å². The summed E-state index contributed by atoms with van der Waals surface area (Å²) in [6.07, 6.45) is -3.19. The Labute approximate surface area is 135 Å². The van der Waals surface area contributed by atoms with Crippen LogP contribution in [0.3, 0.4) is 0 Å². The zero-order chi connectivity index (χ0) is 17.2. The lowest BCUT2D eigenvalue weighted by atomic mass is 10.2. The number of nitrogens with zero attached hydrogens (tertiary/aromatic N) is 2. The van der Waals surface area contributed by atoms with Gasteiger partial charge in [-0.3, -0.25) is 4.79 Å². The quantitative estimate of drug-likeness (QED) is 0.797. The van der Waals surface area contributed by atoms with Crippen LogP contribution in [-0.2, 0) is 6.18 Å². The van der Waals surface area contributed by atoms with Crippen molar-refractivity contribution in [2.45, 2.75) is 6.18 Å². The lowest BCUT2D eigenvalue weighted by Gasteiger charge is -2.29. The second-order valence-electron chi connectivity index (χ2n) is 5.38. The third-order valence-electron chi connectivity index (χ3n) is 3.67. The Balaban J connectivity index is 1.86. The third-order valence-corrected chi connectivity index (χ3v) is 3.67. The maximum atomic E-state index is 12.6. The minimum Gasteiger partial charge on any atom is -0.351 e. The SMILES string of the molecule is O=c1cnc(N2CCNCC2)c(Nc2ccc(C(F)(F)F)cc2)[nH]1. The van der Waals surface area contributed by atoms with Crippen molar-refractivity contribution in [2.24, 2.45) is 0 Å². The predicted octanol–water partition coefficient (Wildman–Crippen LogP) is 1.94. The first-order valence-corrected chi connectivity index (χ1v) is 7.43. The highest BCUT2D eigenvalue weighted by Gasteiger charge is 2.30. The second-order valence-corrected chi connectivity index (χ2v) is 5.38. The van der Waals surface area contributed by atoms with Gasteiger partial charge in [0.25, 0.3) is 5.56 Å². The molecule has 1 fully saturated rings. The fraction of sp³-hybridized carbons (Fsp3) is 0.333. The molecule has 9 heteroatoms. The number of hydrogen-bond acceptors (Lipinski definition) is 5. The second kappa shape index (κ2) is 6.52. The Hall–Kier alpha value is -2.55. The van der Waals surface area contributed by atoms with Crippen LogP contribution in [-0.4, -0.2) is 36.1 Å². The van der Waals surface area contributed by atoms with Gasteiger partial charge in [-0.2, -0.15) is 13.2 Å². The molecule has 0 unspecified atom stereocenters. The van der Waals surface area contributed by atoms with E-state index in [-0.39, 0.29) is 5.56 Å². The van der Waals surface area contributed by atoms with Crippen molar-refractivity contribution in [2.75, 3.05) is 36.4 Å². The Bertz CT molecular complexity index is 751. The van der Waals surface area contributed by atoms with Gasteiger partial charge >= 0.3 is 6.18 Å². The summed E-state index contributed by atoms with van der Waals surface area (Å²) in [5, 5.41) is 6.16. The van der Waals surface area contributed by atoms with Gasteiger partial charge in [0, 0.05) is 31.9 Å². The molecule has 3 N–H and O–H groups in total. The Morgan fingerprint density at radius 3 is 2.42 bits per heavy atom. The van der Waals surface area contributed by atoms with Gasteiger partial charge in [-0.05, 0) is 24.3 Å². The average molecular weight is 339 g/mol. The summed E-state index contributed by atoms with van der Waals surface area (Å²) in [7, 11) is 0. The van der Waals surface area contributed by atoms with Gasteiger partial charge < -0.3 is 20.5 Å². The van der Waals surface area contributed by atoms with Crippen LogP contribution in [0, 0.1) is 0 Å². The number of nitrogens with one attached hydrogen (secondary N) is 3. The molecule has 1 aromatic heterocycles. The third kappa shape index (κ3) is 3.67. The molecule has 24 heavy (non-hydrogen) atoms. The summed E-state index contributed by atoms with van der Waals surface area (Å²) in [6.45, 7) is 3.03. The summed E-state index contributed by atoms with van der Waals surface area (Å²) in [4.78, 5) is 20.4. The molecule has 3 rings (SSSR count). The predicted molar refractivity (Wildman–Crippen MR) is 84.7 cm³/mol. The number of alkyl halides is 3. The van der Waals surface area contributed by atoms with Gasteiger partial charge in [-0.15, -0.1) is 0 Å². The van der Waals surface area contributed by atoms with Crippen molar-refractivity contribution in [1.82, 2.24) is 15.3 Å². The molecule has 1 aliphatic rings. The van der Waals surface area contributed by atoms with E-state index >= 15 is 0 Å². The summed E-state index contributed by atoms with van der Waals surface area (Å²) in [5.74, 6) is 0.931. The van der Waals surface area contributed by atoms with E-state index in [1.807, 2.05) is 4.90 Å². The minimum absolute atomic E-state index is 0.365. The summed E-state index contributed by atoms with van der Waals surface area (Å²) in [5.41, 5.74) is -0.679. The number of benzene rings is 1. The van der Waals surface area contributed by atoms with E-state index < -0.39 is 11.7 Å². The number of aromatic amines is 1.